The van der Waals surface area contributed by atoms with E-state index in [1.165, 1.54) is 0 Å². The Kier molecular flexibility index (Phi) is 4.16. The fraction of sp³-hybridized carbons (Fsp3) is 1.00. The van der Waals surface area contributed by atoms with Gasteiger partial charge in [-0.2, -0.15) is 0 Å². The van der Waals surface area contributed by atoms with Crippen molar-refractivity contribution in [3.05, 3.63) is 0 Å². The van der Waals surface area contributed by atoms with Gasteiger partial charge in [0, 0.05) is 6.61 Å². The molecule has 0 aromatic rings. The van der Waals surface area contributed by atoms with Crippen molar-refractivity contribution in [1.82, 2.24) is 0 Å². The van der Waals surface area contributed by atoms with Gasteiger partial charge in [0.25, 0.3) is 0 Å². The Hall–Kier alpha value is 0.137. The molecule has 0 aromatic heterocycles. The highest BCUT2D eigenvalue weighted by Crippen LogP contribution is 2.03. The van der Waals surface area contributed by atoms with Gasteiger partial charge in [-0.25, -0.2) is 0 Å². The first-order valence-corrected chi connectivity index (χ1v) is 7.14. The Bertz CT molecular complexity index is 86.1. The van der Waals surface area contributed by atoms with Gasteiger partial charge >= 0.3 is 0 Å². The van der Waals surface area contributed by atoms with Gasteiger partial charge < -0.3 is 9.53 Å². The second-order valence-electron chi connectivity index (χ2n) is 3.60. The molecule has 0 heterocycles. The zero-order valence-corrected chi connectivity index (χ0v) is 8.35. The molecular formula is C7H18O2Si. The predicted molar refractivity (Wildman–Crippen MR) is 45.6 cm³/mol. The zero-order valence-electron chi connectivity index (χ0n) is 7.35. The molecule has 1 N–H and O–H groups in total. The normalized spacial score (nSPS) is 15.3. The summed E-state index contributed by atoms with van der Waals surface area (Å²) in [6.45, 7) is 8.93. The standard InChI is InChI=1S/C7H18O2Si/c1-7(8)5-6-9-10(2,3)4/h7-8H,5-6H2,1-4H3. The van der Waals surface area contributed by atoms with Crippen molar-refractivity contribution in [3.8, 4) is 0 Å². The summed E-state index contributed by atoms with van der Waals surface area (Å²) < 4.78 is 5.52. The smallest absolute Gasteiger partial charge is 0.183 e. The largest absolute Gasteiger partial charge is 0.418 e. The third-order valence-corrected chi connectivity index (χ3v) is 2.14. The quantitative estimate of drug-likeness (QED) is 0.636. The van der Waals surface area contributed by atoms with Crippen LogP contribution in [0.3, 0.4) is 0 Å². The van der Waals surface area contributed by atoms with Crippen molar-refractivity contribution in [2.75, 3.05) is 6.61 Å². The molecule has 1 unspecified atom stereocenters. The zero-order chi connectivity index (χ0) is 8.20. The van der Waals surface area contributed by atoms with E-state index in [1.807, 2.05) is 0 Å². The fourth-order valence-electron chi connectivity index (χ4n) is 0.536. The summed E-state index contributed by atoms with van der Waals surface area (Å²) in [6, 6.07) is 0. The molecule has 0 aliphatic heterocycles. The number of rotatable bonds is 4. The second kappa shape index (κ2) is 4.11. The van der Waals surface area contributed by atoms with Gasteiger partial charge in [0.1, 0.15) is 0 Å². The summed E-state index contributed by atoms with van der Waals surface area (Å²) in [7, 11) is -1.34. The average Bonchev–Trinajstić information content (AvgIpc) is 1.59. The van der Waals surface area contributed by atoms with Gasteiger partial charge in [-0.1, -0.05) is 0 Å². The Morgan fingerprint density at radius 3 is 2.20 bits per heavy atom. The maximum atomic E-state index is 8.88. The Morgan fingerprint density at radius 1 is 1.40 bits per heavy atom. The van der Waals surface area contributed by atoms with Crippen LogP contribution < -0.4 is 0 Å². The molecule has 2 nitrogen and oxygen atoms in total. The van der Waals surface area contributed by atoms with E-state index in [-0.39, 0.29) is 6.10 Å². The van der Waals surface area contributed by atoms with Crippen LogP contribution in [0.1, 0.15) is 13.3 Å². The molecule has 10 heavy (non-hydrogen) atoms. The molecule has 0 aromatic carbocycles. The minimum absolute atomic E-state index is 0.226. The second-order valence-corrected chi connectivity index (χ2v) is 8.11. The van der Waals surface area contributed by atoms with Gasteiger partial charge in [-0.05, 0) is 33.0 Å². The van der Waals surface area contributed by atoms with E-state index < -0.39 is 8.32 Å². The monoisotopic (exact) mass is 162 g/mol. The van der Waals surface area contributed by atoms with Crippen LogP contribution in [0.15, 0.2) is 0 Å². The average molecular weight is 162 g/mol. The SMILES string of the molecule is CC(O)CCO[Si](C)(C)C. The topological polar surface area (TPSA) is 29.5 Å². The van der Waals surface area contributed by atoms with E-state index in [0.29, 0.717) is 6.61 Å². The van der Waals surface area contributed by atoms with Crippen molar-refractivity contribution >= 4 is 8.32 Å². The van der Waals surface area contributed by atoms with Crippen LogP contribution in [0.2, 0.25) is 19.6 Å². The first-order chi connectivity index (χ1) is 4.42. The Morgan fingerprint density at radius 2 is 1.90 bits per heavy atom. The summed E-state index contributed by atoms with van der Waals surface area (Å²) in [5, 5.41) is 8.88. The first-order valence-electron chi connectivity index (χ1n) is 3.74. The lowest BCUT2D eigenvalue weighted by Gasteiger charge is -2.17. The number of hydrogen-bond acceptors (Lipinski definition) is 2. The fourth-order valence-corrected chi connectivity index (χ4v) is 1.27. The van der Waals surface area contributed by atoms with Crippen molar-refractivity contribution in [1.29, 1.82) is 0 Å². The van der Waals surface area contributed by atoms with Crippen molar-refractivity contribution < 1.29 is 9.53 Å². The van der Waals surface area contributed by atoms with Gasteiger partial charge in [0.2, 0.25) is 0 Å². The van der Waals surface area contributed by atoms with E-state index >= 15 is 0 Å². The van der Waals surface area contributed by atoms with Crippen LogP contribution in [0.5, 0.6) is 0 Å². The molecule has 0 amide bonds. The molecular weight excluding hydrogens is 144 g/mol. The van der Waals surface area contributed by atoms with Gasteiger partial charge in [0.05, 0.1) is 6.10 Å². The van der Waals surface area contributed by atoms with Crippen molar-refractivity contribution in [2.45, 2.75) is 39.1 Å². The van der Waals surface area contributed by atoms with Crippen LogP contribution in [0.25, 0.3) is 0 Å². The highest BCUT2D eigenvalue weighted by molar-refractivity contribution is 6.69. The molecule has 62 valence electrons. The van der Waals surface area contributed by atoms with E-state index in [2.05, 4.69) is 19.6 Å². The lowest BCUT2D eigenvalue weighted by atomic mass is 10.3. The summed E-state index contributed by atoms with van der Waals surface area (Å²) >= 11 is 0. The van der Waals surface area contributed by atoms with Crippen LogP contribution in [0.4, 0.5) is 0 Å². The van der Waals surface area contributed by atoms with Crippen LogP contribution in [-0.2, 0) is 4.43 Å². The molecule has 0 radical (unpaired) electrons. The van der Waals surface area contributed by atoms with Gasteiger partial charge in [-0.15, -0.1) is 0 Å². The third-order valence-electron chi connectivity index (χ3n) is 1.07. The van der Waals surface area contributed by atoms with E-state index in [0.717, 1.165) is 6.42 Å². The molecule has 0 fully saturated rings. The van der Waals surface area contributed by atoms with Crippen LogP contribution >= 0.6 is 0 Å². The third kappa shape index (κ3) is 8.14. The molecule has 0 rings (SSSR count). The van der Waals surface area contributed by atoms with Crippen LogP contribution in [-0.4, -0.2) is 26.1 Å². The molecule has 0 aliphatic carbocycles. The lowest BCUT2D eigenvalue weighted by Crippen LogP contribution is -2.26. The minimum Gasteiger partial charge on any atom is -0.418 e. The van der Waals surface area contributed by atoms with Crippen molar-refractivity contribution in [3.63, 3.8) is 0 Å². The molecule has 0 saturated heterocycles. The summed E-state index contributed by atoms with van der Waals surface area (Å²) in [5.41, 5.74) is 0. The Balaban J connectivity index is 3.21. The molecule has 0 saturated carbocycles. The maximum absolute atomic E-state index is 8.88. The summed E-state index contributed by atoms with van der Waals surface area (Å²) in [4.78, 5) is 0. The molecule has 0 spiro atoms. The predicted octanol–water partition coefficient (Wildman–Crippen LogP) is 1.61. The number of hydrogen-bond donors (Lipinski definition) is 1. The number of aliphatic hydroxyl groups excluding tert-OH is 1. The maximum Gasteiger partial charge on any atom is 0.183 e. The van der Waals surface area contributed by atoms with Gasteiger partial charge in [0.15, 0.2) is 8.32 Å². The first kappa shape index (κ1) is 10.1. The minimum atomic E-state index is -1.34. The van der Waals surface area contributed by atoms with E-state index in [4.69, 9.17) is 9.53 Å². The Labute approximate surface area is 64.3 Å². The molecule has 0 bridgehead atoms. The number of aliphatic hydroxyl groups is 1. The van der Waals surface area contributed by atoms with Crippen LogP contribution in [0, 0.1) is 0 Å². The van der Waals surface area contributed by atoms with Gasteiger partial charge in [-0.3, -0.25) is 0 Å². The molecule has 3 heteroatoms. The van der Waals surface area contributed by atoms with Crippen molar-refractivity contribution in [2.24, 2.45) is 0 Å². The lowest BCUT2D eigenvalue weighted by molar-refractivity contribution is 0.154. The summed E-state index contributed by atoms with van der Waals surface area (Å²) in [6.07, 6.45) is 0.529. The molecule has 0 aliphatic rings. The summed E-state index contributed by atoms with van der Waals surface area (Å²) in [5.74, 6) is 0. The molecule has 1 atom stereocenters. The van der Waals surface area contributed by atoms with E-state index in [9.17, 15) is 0 Å². The highest BCUT2D eigenvalue weighted by Gasteiger charge is 2.13. The highest BCUT2D eigenvalue weighted by atomic mass is 28.4. The van der Waals surface area contributed by atoms with E-state index in [1.54, 1.807) is 6.92 Å².